The van der Waals surface area contributed by atoms with Gasteiger partial charge in [-0.25, -0.2) is 4.79 Å². The average molecular weight is 336 g/mol. The topological polar surface area (TPSA) is 85.2 Å². The number of esters is 1. The third kappa shape index (κ3) is 6.16. The molecule has 0 saturated heterocycles. The third-order valence-electron chi connectivity index (χ3n) is 3.26. The number of carbonyl (C=O) groups is 1. The Morgan fingerprint density at radius 1 is 1.33 bits per heavy atom. The van der Waals surface area contributed by atoms with Crippen molar-refractivity contribution in [1.82, 2.24) is 0 Å². The summed E-state index contributed by atoms with van der Waals surface area (Å²) in [5, 5.41) is 19.2. The maximum absolute atomic E-state index is 11.6. The Morgan fingerprint density at radius 3 is 2.54 bits per heavy atom. The van der Waals surface area contributed by atoms with E-state index in [1.807, 2.05) is 0 Å². The molecular formula is C18H24O6. The molecule has 1 aromatic rings. The van der Waals surface area contributed by atoms with Crippen LogP contribution in [0.1, 0.15) is 18.6 Å². The molecule has 1 aromatic carbocycles. The highest BCUT2D eigenvalue weighted by atomic mass is 16.5. The summed E-state index contributed by atoms with van der Waals surface area (Å²) >= 11 is 0. The molecule has 0 aliphatic heterocycles. The molecule has 1 rings (SSSR count). The molecule has 0 bridgehead atoms. The van der Waals surface area contributed by atoms with E-state index in [4.69, 9.17) is 19.3 Å². The molecule has 0 aromatic heterocycles. The second-order valence-electron chi connectivity index (χ2n) is 5.05. The predicted molar refractivity (Wildman–Crippen MR) is 89.7 cm³/mol. The first-order valence-corrected chi connectivity index (χ1v) is 7.53. The molecular weight excluding hydrogens is 312 g/mol. The van der Waals surface area contributed by atoms with Crippen LogP contribution in [-0.4, -0.2) is 49.2 Å². The summed E-state index contributed by atoms with van der Waals surface area (Å²) in [5.41, 5.74) is 1.16. The highest BCUT2D eigenvalue weighted by Gasteiger charge is 2.23. The summed E-state index contributed by atoms with van der Waals surface area (Å²) in [6, 6.07) is 6.79. The van der Waals surface area contributed by atoms with Crippen LogP contribution in [0.3, 0.4) is 0 Å². The zero-order chi connectivity index (χ0) is 17.9. The first-order chi connectivity index (χ1) is 11.5. The molecule has 0 spiro atoms. The fourth-order valence-corrected chi connectivity index (χ4v) is 2.11. The molecule has 0 radical (unpaired) electrons. The number of hydrogen-bond donors (Lipinski definition) is 2. The SMILES string of the molecule is C=CCOC(=O)/C=C(\C)[C@H](OC)[C@@H](O)c1ccc(OCCO)cc1. The summed E-state index contributed by atoms with van der Waals surface area (Å²) in [4.78, 5) is 11.6. The standard InChI is InChI=1S/C18H24O6/c1-4-10-24-16(20)12-13(2)18(22-3)17(21)14-5-7-15(8-6-14)23-11-9-19/h4-8,12,17-19,21H,1,9-11H2,2-3H3/b13-12+/t17-,18-/m0/s1. The van der Waals surface area contributed by atoms with Gasteiger partial charge in [-0.05, 0) is 30.2 Å². The van der Waals surface area contributed by atoms with Crippen LogP contribution in [0.5, 0.6) is 5.75 Å². The average Bonchev–Trinajstić information content (AvgIpc) is 2.59. The van der Waals surface area contributed by atoms with Gasteiger partial charge in [0, 0.05) is 13.2 Å². The van der Waals surface area contributed by atoms with E-state index >= 15 is 0 Å². The maximum atomic E-state index is 11.6. The quantitative estimate of drug-likeness (QED) is 0.385. The minimum atomic E-state index is -0.953. The van der Waals surface area contributed by atoms with Gasteiger partial charge in [0.2, 0.25) is 0 Å². The number of ether oxygens (including phenoxy) is 3. The number of carbonyl (C=O) groups excluding carboxylic acids is 1. The number of rotatable bonds is 10. The molecule has 0 saturated carbocycles. The van der Waals surface area contributed by atoms with Crippen molar-refractivity contribution in [2.75, 3.05) is 26.9 Å². The second-order valence-corrected chi connectivity index (χ2v) is 5.05. The monoisotopic (exact) mass is 336 g/mol. The minimum absolute atomic E-state index is 0.0674. The lowest BCUT2D eigenvalue weighted by Crippen LogP contribution is -2.23. The summed E-state index contributed by atoms with van der Waals surface area (Å²) in [5.74, 6) is 0.0728. The Bertz CT molecular complexity index is 549. The summed E-state index contributed by atoms with van der Waals surface area (Å²) in [6.07, 6.45) is 1.12. The number of hydrogen-bond acceptors (Lipinski definition) is 6. The molecule has 6 heteroatoms. The van der Waals surface area contributed by atoms with Gasteiger partial charge in [-0.3, -0.25) is 0 Å². The first-order valence-electron chi connectivity index (χ1n) is 7.53. The van der Waals surface area contributed by atoms with E-state index in [2.05, 4.69) is 6.58 Å². The van der Waals surface area contributed by atoms with E-state index < -0.39 is 18.2 Å². The molecule has 0 aliphatic rings. The first kappa shape index (κ1) is 19.9. The normalized spacial score (nSPS) is 13.9. The highest BCUT2D eigenvalue weighted by Crippen LogP contribution is 2.25. The van der Waals surface area contributed by atoms with Crippen LogP contribution in [0.2, 0.25) is 0 Å². The number of aliphatic hydroxyl groups is 2. The van der Waals surface area contributed by atoms with Crippen molar-refractivity contribution in [2.24, 2.45) is 0 Å². The van der Waals surface area contributed by atoms with Gasteiger partial charge in [-0.15, -0.1) is 0 Å². The van der Waals surface area contributed by atoms with Crippen LogP contribution in [0.25, 0.3) is 0 Å². The molecule has 0 heterocycles. The number of aliphatic hydroxyl groups excluding tert-OH is 2. The van der Waals surface area contributed by atoms with E-state index in [1.165, 1.54) is 19.3 Å². The Kier molecular flexibility index (Phi) is 8.78. The van der Waals surface area contributed by atoms with E-state index in [0.29, 0.717) is 16.9 Å². The molecule has 6 nitrogen and oxygen atoms in total. The highest BCUT2D eigenvalue weighted by molar-refractivity contribution is 5.83. The van der Waals surface area contributed by atoms with E-state index in [-0.39, 0.29) is 19.8 Å². The van der Waals surface area contributed by atoms with E-state index in [9.17, 15) is 9.90 Å². The van der Waals surface area contributed by atoms with Gasteiger partial charge in [0.15, 0.2) is 0 Å². The van der Waals surface area contributed by atoms with Crippen LogP contribution in [0.15, 0.2) is 48.6 Å². The lowest BCUT2D eigenvalue weighted by atomic mass is 9.98. The fourth-order valence-electron chi connectivity index (χ4n) is 2.11. The second kappa shape index (κ2) is 10.6. The largest absolute Gasteiger partial charge is 0.491 e. The van der Waals surface area contributed by atoms with Gasteiger partial charge >= 0.3 is 5.97 Å². The summed E-state index contributed by atoms with van der Waals surface area (Å²) < 4.78 is 15.5. The number of methoxy groups -OCH3 is 1. The van der Waals surface area contributed by atoms with Crippen LogP contribution in [0.4, 0.5) is 0 Å². The van der Waals surface area contributed by atoms with Crippen molar-refractivity contribution in [3.63, 3.8) is 0 Å². The van der Waals surface area contributed by atoms with E-state index in [1.54, 1.807) is 31.2 Å². The van der Waals surface area contributed by atoms with Crippen LogP contribution in [0, 0.1) is 0 Å². The molecule has 2 atom stereocenters. The zero-order valence-electron chi connectivity index (χ0n) is 14.0. The molecule has 0 aliphatic carbocycles. The lowest BCUT2D eigenvalue weighted by molar-refractivity contribution is -0.136. The van der Waals surface area contributed by atoms with Crippen LogP contribution < -0.4 is 4.74 Å². The fraction of sp³-hybridized carbons (Fsp3) is 0.389. The van der Waals surface area contributed by atoms with Gasteiger partial charge in [-0.2, -0.15) is 0 Å². The van der Waals surface area contributed by atoms with Crippen molar-refractivity contribution in [1.29, 1.82) is 0 Å². The predicted octanol–water partition coefficient (Wildman–Crippen LogP) is 1.78. The molecule has 24 heavy (non-hydrogen) atoms. The summed E-state index contributed by atoms with van der Waals surface area (Å²) in [6.45, 7) is 5.42. The third-order valence-corrected chi connectivity index (χ3v) is 3.26. The molecule has 132 valence electrons. The van der Waals surface area contributed by atoms with E-state index in [0.717, 1.165) is 0 Å². The zero-order valence-corrected chi connectivity index (χ0v) is 14.0. The Morgan fingerprint density at radius 2 is 2.00 bits per heavy atom. The maximum Gasteiger partial charge on any atom is 0.331 e. The summed E-state index contributed by atoms with van der Waals surface area (Å²) in [7, 11) is 1.46. The Balaban J connectivity index is 2.81. The molecule has 0 fully saturated rings. The lowest BCUT2D eigenvalue weighted by Gasteiger charge is -2.23. The van der Waals surface area contributed by atoms with Crippen molar-refractivity contribution < 1.29 is 29.2 Å². The van der Waals surface area contributed by atoms with Gasteiger partial charge < -0.3 is 24.4 Å². The molecule has 2 N–H and O–H groups in total. The minimum Gasteiger partial charge on any atom is -0.491 e. The van der Waals surface area contributed by atoms with Gasteiger partial charge in [0.1, 0.15) is 31.2 Å². The molecule has 0 amide bonds. The molecule has 0 unspecified atom stereocenters. The van der Waals surface area contributed by atoms with Crippen molar-refractivity contribution in [3.8, 4) is 5.75 Å². The van der Waals surface area contributed by atoms with Crippen LogP contribution in [-0.2, 0) is 14.3 Å². The van der Waals surface area contributed by atoms with Gasteiger partial charge in [0.05, 0.1) is 6.61 Å². The Hall–Kier alpha value is -2.15. The van der Waals surface area contributed by atoms with Gasteiger partial charge in [0.25, 0.3) is 0 Å². The number of benzene rings is 1. The Labute approximate surface area is 142 Å². The van der Waals surface area contributed by atoms with Crippen molar-refractivity contribution in [2.45, 2.75) is 19.1 Å². The van der Waals surface area contributed by atoms with Gasteiger partial charge in [-0.1, -0.05) is 24.8 Å². The van der Waals surface area contributed by atoms with Crippen molar-refractivity contribution >= 4 is 5.97 Å². The van der Waals surface area contributed by atoms with Crippen molar-refractivity contribution in [3.05, 3.63) is 54.1 Å². The van der Waals surface area contributed by atoms with Crippen LogP contribution >= 0.6 is 0 Å². The smallest absolute Gasteiger partial charge is 0.331 e.